The van der Waals surface area contributed by atoms with Crippen LogP contribution in [0, 0.1) is 3.57 Å². The van der Waals surface area contributed by atoms with Gasteiger partial charge in [0.1, 0.15) is 17.9 Å². The van der Waals surface area contributed by atoms with Gasteiger partial charge in [0.15, 0.2) is 0 Å². The van der Waals surface area contributed by atoms with Gasteiger partial charge < -0.3 is 10.3 Å². The lowest BCUT2D eigenvalue weighted by molar-refractivity contribution is -0.129. The molecule has 4 rings (SSSR count). The molecule has 0 aliphatic carbocycles. The number of nitrogens with zero attached hydrogens (tertiary/aromatic N) is 2. The highest BCUT2D eigenvalue weighted by Crippen LogP contribution is 2.29. The first kappa shape index (κ1) is 20.3. The molecule has 1 aliphatic heterocycles. The molecule has 0 spiro atoms. The SMILES string of the molecule is C=CC[C@H]1NC(=O)N([C@@H](Cc2ccccc2)c2ncc(-c3ccc(I)cc3)[nH]2)C1=O. The van der Waals surface area contributed by atoms with Crippen molar-refractivity contribution in [2.75, 3.05) is 0 Å². The number of imidazole rings is 1. The average Bonchev–Trinajstić information content (AvgIpc) is 3.34. The molecule has 0 bridgehead atoms. The van der Waals surface area contributed by atoms with E-state index in [1.165, 1.54) is 4.90 Å². The lowest BCUT2D eigenvalue weighted by Crippen LogP contribution is -2.37. The molecule has 0 saturated carbocycles. The number of aromatic amines is 1. The number of aromatic nitrogens is 2. The van der Waals surface area contributed by atoms with E-state index in [1.54, 1.807) is 12.3 Å². The Morgan fingerprint density at radius 3 is 2.57 bits per heavy atom. The van der Waals surface area contributed by atoms with Crippen LogP contribution < -0.4 is 5.32 Å². The van der Waals surface area contributed by atoms with Crippen LogP contribution in [0.25, 0.3) is 11.3 Å². The minimum atomic E-state index is -0.584. The molecule has 0 radical (unpaired) electrons. The number of amides is 3. The summed E-state index contributed by atoms with van der Waals surface area (Å²) in [6.45, 7) is 3.68. The topological polar surface area (TPSA) is 78.1 Å². The number of hydrogen-bond acceptors (Lipinski definition) is 3. The summed E-state index contributed by atoms with van der Waals surface area (Å²) in [4.78, 5) is 34.8. The second-order valence-electron chi connectivity index (χ2n) is 7.13. The molecule has 3 aromatic rings. The van der Waals surface area contributed by atoms with Crippen molar-refractivity contribution in [3.05, 3.63) is 88.4 Å². The highest BCUT2D eigenvalue weighted by atomic mass is 127. The number of benzene rings is 2. The van der Waals surface area contributed by atoms with Crippen molar-refractivity contribution < 1.29 is 9.59 Å². The number of hydrogen-bond donors (Lipinski definition) is 2. The minimum absolute atomic E-state index is 0.256. The predicted octanol–water partition coefficient (Wildman–Crippen LogP) is 4.46. The zero-order chi connectivity index (χ0) is 21.1. The molecule has 1 aromatic heterocycles. The fraction of sp³-hybridized carbons (Fsp3) is 0.174. The normalized spacial score (nSPS) is 17.1. The van der Waals surface area contributed by atoms with E-state index in [9.17, 15) is 9.59 Å². The van der Waals surface area contributed by atoms with Crippen LogP contribution >= 0.6 is 22.6 Å². The predicted molar refractivity (Wildman–Crippen MR) is 124 cm³/mol. The standard InChI is InChI=1S/C23H21IN4O2/c1-2-6-18-22(29)28(23(30)27-18)20(13-15-7-4-3-5-8-15)21-25-14-19(26-21)16-9-11-17(24)12-10-16/h2-5,7-12,14,18,20H,1,6,13H2,(H,25,26)(H,27,30)/t18-,20+/m1/s1. The van der Waals surface area contributed by atoms with Crippen LogP contribution in [0.3, 0.4) is 0 Å². The molecule has 152 valence electrons. The molecule has 0 unspecified atom stereocenters. The molecular weight excluding hydrogens is 491 g/mol. The summed E-state index contributed by atoms with van der Waals surface area (Å²) in [6.07, 6.45) is 4.25. The number of halogens is 1. The van der Waals surface area contributed by atoms with Gasteiger partial charge in [-0.2, -0.15) is 0 Å². The number of rotatable bonds is 7. The summed E-state index contributed by atoms with van der Waals surface area (Å²) in [5.74, 6) is 0.322. The largest absolute Gasteiger partial charge is 0.340 e. The molecule has 2 N–H and O–H groups in total. The van der Waals surface area contributed by atoms with E-state index in [1.807, 2.05) is 54.6 Å². The Morgan fingerprint density at radius 2 is 1.87 bits per heavy atom. The van der Waals surface area contributed by atoms with Gasteiger partial charge >= 0.3 is 6.03 Å². The van der Waals surface area contributed by atoms with Gasteiger partial charge in [0, 0.05) is 9.99 Å². The van der Waals surface area contributed by atoms with Crippen LogP contribution in [-0.4, -0.2) is 32.8 Å². The molecule has 1 fully saturated rings. The van der Waals surface area contributed by atoms with Gasteiger partial charge in [0.25, 0.3) is 5.91 Å². The molecule has 1 saturated heterocycles. The molecule has 2 heterocycles. The molecule has 3 amide bonds. The van der Waals surface area contributed by atoms with E-state index in [4.69, 9.17) is 0 Å². The van der Waals surface area contributed by atoms with Gasteiger partial charge in [0.2, 0.25) is 0 Å². The van der Waals surface area contributed by atoms with E-state index in [-0.39, 0.29) is 5.91 Å². The van der Waals surface area contributed by atoms with Crippen LogP contribution in [0.15, 0.2) is 73.4 Å². The molecule has 2 atom stereocenters. The first-order chi connectivity index (χ1) is 14.6. The number of urea groups is 1. The summed E-state index contributed by atoms with van der Waals surface area (Å²) in [5.41, 5.74) is 2.85. The Kier molecular flexibility index (Phi) is 5.98. The fourth-order valence-electron chi connectivity index (χ4n) is 3.60. The summed E-state index contributed by atoms with van der Waals surface area (Å²) >= 11 is 2.26. The molecule has 7 heteroatoms. The van der Waals surface area contributed by atoms with E-state index >= 15 is 0 Å². The maximum absolute atomic E-state index is 13.0. The summed E-state index contributed by atoms with van der Waals surface area (Å²) < 4.78 is 1.14. The van der Waals surface area contributed by atoms with Gasteiger partial charge in [-0.3, -0.25) is 9.69 Å². The molecule has 1 aliphatic rings. The van der Waals surface area contributed by atoms with Crippen molar-refractivity contribution in [3.63, 3.8) is 0 Å². The number of H-pyrrole nitrogens is 1. The van der Waals surface area contributed by atoms with Crippen molar-refractivity contribution in [1.29, 1.82) is 0 Å². The Hall–Kier alpha value is -2.94. The lowest BCUT2D eigenvalue weighted by Gasteiger charge is -2.24. The second kappa shape index (κ2) is 8.83. The van der Waals surface area contributed by atoms with Gasteiger partial charge in [-0.15, -0.1) is 6.58 Å². The molecule has 30 heavy (non-hydrogen) atoms. The number of carbonyl (C=O) groups excluding carboxylic acids is 2. The summed E-state index contributed by atoms with van der Waals surface area (Å²) in [7, 11) is 0. The first-order valence-electron chi connectivity index (χ1n) is 9.66. The number of imide groups is 1. The zero-order valence-corrected chi connectivity index (χ0v) is 18.4. The smallest absolute Gasteiger partial charge is 0.325 e. The van der Waals surface area contributed by atoms with Crippen molar-refractivity contribution in [1.82, 2.24) is 20.2 Å². The Bertz CT molecular complexity index is 1060. The molecule has 2 aromatic carbocycles. The van der Waals surface area contributed by atoms with E-state index in [0.717, 1.165) is 20.4 Å². The van der Waals surface area contributed by atoms with E-state index < -0.39 is 18.1 Å². The van der Waals surface area contributed by atoms with Crippen LogP contribution in [-0.2, 0) is 11.2 Å². The van der Waals surface area contributed by atoms with Gasteiger partial charge in [-0.05, 0) is 52.3 Å². The van der Waals surface area contributed by atoms with Crippen LogP contribution in [0.2, 0.25) is 0 Å². The van der Waals surface area contributed by atoms with Gasteiger partial charge in [-0.25, -0.2) is 9.78 Å². The quantitative estimate of drug-likeness (QED) is 0.279. The highest BCUT2D eigenvalue weighted by Gasteiger charge is 2.43. The third-order valence-electron chi connectivity index (χ3n) is 5.10. The lowest BCUT2D eigenvalue weighted by atomic mass is 10.0. The number of nitrogens with one attached hydrogen (secondary N) is 2. The summed E-state index contributed by atoms with van der Waals surface area (Å²) in [6, 6.07) is 16.3. The maximum atomic E-state index is 13.0. The van der Waals surface area contributed by atoms with Crippen molar-refractivity contribution >= 4 is 34.5 Å². The summed E-state index contributed by atoms with van der Waals surface area (Å²) in [5, 5.41) is 2.76. The third kappa shape index (κ3) is 4.16. The fourth-order valence-corrected chi connectivity index (χ4v) is 3.96. The maximum Gasteiger partial charge on any atom is 0.325 e. The zero-order valence-electron chi connectivity index (χ0n) is 16.2. The van der Waals surface area contributed by atoms with Crippen LogP contribution in [0.4, 0.5) is 4.79 Å². The van der Waals surface area contributed by atoms with E-state index in [2.05, 4.69) is 44.5 Å². The van der Waals surface area contributed by atoms with Crippen LogP contribution in [0.1, 0.15) is 23.9 Å². The Balaban J connectivity index is 1.69. The minimum Gasteiger partial charge on any atom is -0.340 e. The highest BCUT2D eigenvalue weighted by molar-refractivity contribution is 14.1. The number of carbonyl (C=O) groups is 2. The third-order valence-corrected chi connectivity index (χ3v) is 5.82. The molecular formula is C23H21IN4O2. The van der Waals surface area contributed by atoms with Gasteiger partial charge in [0.05, 0.1) is 11.9 Å². The van der Waals surface area contributed by atoms with Gasteiger partial charge in [-0.1, -0.05) is 48.5 Å². The van der Waals surface area contributed by atoms with Crippen molar-refractivity contribution in [2.24, 2.45) is 0 Å². The monoisotopic (exact) mass is 512 g/mol. The van der Waals surface area contributed by atoms with Crippen LogP contribution in [0.5, 0.6) is 0 Å². The molecule has 6 nitrogen and oxygen atoms in total. The van der Waals surface area contributed by atoms with Crippen molar-refractivity contribution in [2.45, 2.75) is 24.9 Å². The van der Waals surface area contributed by atoms with Crippen molar-refractivity contribution in [3.8, 4) is 11.3 Å². The second-order valence-corrected chi connectivity index (χ2v) is 8.37. The Morgan fingerprint density at radius 1 is 1.13 bits per heavy atom. The van der Waals surface area contributed by atoms with E-state index in [0.29, 0.717) is 18.7 Å². The Labute approximate surface area is 188 Å². The first-order valence-corrected chi connectivity index (χ1v) is 10.7. The average molecular weight is 512 g/mol.